The first-order chi connectivity index (χ1) is 7.74. The number of terminal acetylenes is 1. The maximum Gasteiger partial charge on any atom is 0.286 e. The Labute approximate surface area is 93.2 Å². The van der Waals surface area contributed by atoms with E-state index >= 15 is 0 Å². The van der Waals surface area contributed by atoms with E-state index in [1.807, 2.05) is 0 Å². The summed E-state index contributed by atoms with van der Waals surface area (Å²) in [5.41, 5.74) is 0. The van der Waals surface area contributed by atoms with Crippen LogP contribution in [0, 0.1) is 12.3 Å². The molecule has 0 saturated heterocycles. The average molecular weight is 220 g/mol. The normalized spacial score (nSPS) is 9.19. The highest BCUT2D eigenvalue weighted by Crippen LogP contribution is 1.98. The lowest BCUT2D eigenvalue weighted by atomic mass is 10.3. The maximum atomic E-state index is 11.3. The van der Waals surface area contributed by atoms with Gasteiger partial charge in [0.2, 0.25) is 5.91 Å². The lowest BCUT2D eigenvalue weighted by molar-refractivity contribution is -0.120. The van der Waals surface area contributed by atoms with Crippen molar-refractivity contribution in [1.29, 1.82) is 0 Å². The van der Waals surface area contributed by atoms with Gasteiger partial charge in [0.25, 0.3) is 5.91 Å². The number of hydrogen-bond acceptors (Lipinski definition) is 3. The van der Waals surface area contributed by atoms with E-state index in [4.69, 9.17) is 10.8 Å². The first-order valence-corrected chi connectivity index (χ1v) is 4.76. The fourth-order valence-electron chi connectivity index (χ4n) is 1.02. The van der Waals surface area contributed by atoms with E-state index in [1.54, 1.807) is 12.1 Å². The Bertz CT molecular complexity index is 390. The molecule has 0 spiro atoms. The van der Waals surface area contributed by atoms with Gasteiger partial charge in [-0.1, -0.05) is 5.92 Å². The molecule has 1 aromatic rings. The standard InChI is InChI=1S/C11H12N2O3/c1-2-6-12-10(14)5-7-13-11(15)9-4-3-8-16-9/h1,3-4,8H,5-7H2,(H,12,14)(H,13,15). The monoisotopic (exact) mass is 220 g/mol. The van der Waals surface area contributed by atoms with Crippen molar-refractivity contribution in [1.82, 2.24) is 10.6 Å². The van der Waals surface area contributed by atoms with Crippen LogP contribution in [-0.2, 0) is 4.79 Å². The highest BCUT2D eigenvalue weighted by atomic mass is 16.3. The van der Waals surface area contributed by atoms with E-state index in [0.29, 0.717) is 0 Å². The van der Waals surface area contributed by atoms with Crippen molar-refractivity contribution in [2.75, 3.05) is 13.1 Å². The van der Waals surface area contributed by atoms with Crippen LogP contribution in [0.4, 0.5) is 0 Å². The summed E-state index contributed by atoms with van der Waals surface area (Å²) < 4.78 is 4.88. The fraction of sp³-hybridized carbons (Fsp3) is 0.273. The molecular weight excluding hydrogens is 208 g/mol. The van der Waals surface area contributed by atoms with Gasteiger partial charge in [-0.2, -0.15) is 0 Å². The van der Waals surface area contributed by atoms with E-state index in [9.17, 15) is 9.59 Å². The van der Waals surface area contributed by atoms with Gasteiger partial charge in [-0.25, -0.2) is 0 Å². The summed E-state index contributed by atoms with van der Waals surface area (Å²) in [5, 5.41) is 5.04. The Morgan fingerprint density at radius 3 is 2.88 bits per heavy atom. The van der Waals surface area contributed by atoms with E-state index in [0.717, 1.165) is 0 Å². The van der Waals surface area contributed by atoms with E-state index in [-0.39, 0.29) is 37.1 Å². The Kier molecular flexibility index (Phi) is 4.67. The van der Waals surface area contributed by atoms with Crippen molar-refractivity contribution in [3.05, 3.63) is 24.2 Å². The first kappa shape index (κ1) is 11.9. The molecule has 0 atom stereocenters. The zero-order chi connectivity index (χ0) is 11.8. The van der Waals surface area contributed by atoms with E-state index in [2.05, 4.69) is 16.6 Å². The van der Waals surface area contributed by atoms with Gasteiger partial charge in [-0.3, -0.25) is 9.59 Å². The van der Waals surface area contributed by atoms with Gasteiger partial charge in [0.1, 0.15) is 0 Å². The molecule has 1 rings (SSSR count). The number of rotatable bonds is 5. The van der Waals surface area contributed by atoms with Crippen LogP contribution in [-0.4, -0.2) is 24.9 Å². The Hall–Kier alpha value is -2.22. The first-order valence-electron chi connectivity index (χ1n) is 4.76. The Morgan fingerprint density at radius 2 is 2.25 bits per heavy atom. The summed E-state index contributed by atoms with van der Waals surface area (Å²) in [6.45, 7) is 0.445. The molecule has 0 aliphatic carbocycles. The summed E-state index contributed by atoms with van der Waals surface area (Å²) in [4.78, 5) is 22.4. The van der Waals surface area contributed by atoms with Gasteiger partial charge in [-0.05, 0) is 12.1 Å². The summed E-state index contributed by atoms with van der Waals surface area (Å²) in [6.07, 6.45) is 6.57. The second-order valence-electron chi connectivity index (χ2n) is 2.96. The lowest BCUT2D eigenvalue weighted by Gasteiger charge is -2.03. The molecule has 5 heteroatoms. The van der Waals surface area contributed by atoms with Crippen molar-refractivity contribution in [3.63, 3.8) is 0 Å². The van der Waals surface area contributed by atoms with Crippen LogP contribution in [0.1, 0.15) is 17.0 Å². The molecule has 0 aliphatic heterocycles. The molecule has 5 nitrogen and oxygen atoms in total. The topological polar surface area (TPSA) is 71.3 Å². The van der Waals surface area contributed by atoms with Gasteiger partial charge in [0.05, 0.1) is 12.8 Å². The maximum absolute atomic E-state index is 11.3. The fourth-order valence-corrected chi connectivity index (χ4v) is 1.02. The van der Waals surface area contributed by atoms with E-state index in [1.165, 1.54) is 6.26 Å². The molecule has 0 fully saturated rings. The SMILES string of the molecule is C#CCNC(=O)CCNC(=O)c1ccco1. The highest BCUT2D eigenvalue weighted by Gasteiger charge is 2.07. The average Bonchev–Trinajstić information content (AvgIpc) is 2.79. The Morgan fingerprint density at radius 1 is 1.44 bits per heavy atom. The molecule has 0 bridgehead atoms. The minimum absolute atomic E-state index is 0.189. The molecule has 1 aromatic heterocycles. The molecule has 0 aromatic carbocycles. The number of furan rings is 1. The van der Waals surface area contributed by atoms with Crippen LogP contribution in [0.15, 0.2) is 22.8 Å². The molecule has 1 heterocycles. The highest BCUT2D eigenvalue weighted by molar-refractivity contribution is 5.91. The summed E-state index contributed by atoms with van der Waals surface area (Å²) in [5.74, 6) is 1.98. The number of nitrogens with one attached hydrogen (secondary N) is 2. The smallest absolute Gasteiger partial charge is 0.286 e. The summed E-state index contributed by atoms with van der Waals surface area (Å²) in [6, 6.07) is 3.17. The van der Waals surface area contributed by atoms with Gasteiger partial charge >= 0.3 is 0 Å². The quantitative estimate of drug-likeness (QED) is 0.694. The largest absolute Gasteiger partial charge is 0.459 e. The predicted molar refractivity (Wildman–Crippen MR) is 57.5 cm³/mol. The predicted octanol–water partition coefficient (Wildman–Crippen LogP) is 0.149. The van der Waals surface area contributed by atoms with Gasteiger partial charge < -0.3 is 15.1 Å². The van der Waals surface area contributed by atoms with Crippen LogP contribution in [0.5, 0.6) is 0 Å². The third kappa shape index (κ3) is 3.88. The van der Waals surface area contributed by atoms with Crippen molar-refractivity contribution < 1.29 is 14.0 Å². The minimum Gasteiger partial charge on any atom is -0.459 e. The van der Waals surface area contributed by atoms with Gasteiger partial charge in [0.15, 0.2) is 5.76 Å². The number of amides is 2. The number of hydrogen-bond donors (Lipinski definition) is 2. The Balaban J connectivity index is 2.19. The second-order valence-corrected chi connectivity index (χ2v) is 2.96. The molecule has 2 N–H and O–H groups in total. The second kappa shape index (κ2) is 6.30. The number of carbonyl (C=O) groups is 2. The molecule has 84 valence electrons. The molecule has 0 aliphatic rings. The number of carbonyl (C=O) groups excluding carboxylic acids is 2. The minimum atomic E-state index is -0.338. The molecule has 16 heavy (non-hydrogen) atoms. The molecular formula is C11H12N2O3. The van der Waals surface area contributed by atoms with E-state index < -0.39 is 0 Å². The molecule has 0 saturated carbocycles. The third-order valence-electron chi connectivity index (χ3n) is 1.77. The zero-order valence-corrected chi connectivity index (χ0v) is 8.66. The molecule has 0 radical (unpaired) electrons. The van der Waals surface area contributed by atoms with Gasteiger partial charge in [0, 0.05) is 13.0 Å². The van der Waals surface area contributed by atoms with Crippen LogP contribution >= 0.6 is 0 Å². The van der Waals surface area contributed by atoms with Crippen LogP contribution in [0.25, 0.3) is 0 Å². The van der Waals surface area contributed by atoms with Crippen molar-refractivity contribution in [2.45, 2.75) is 6.42 Å². The van der Waals surface area contributed by atoms with Gasteiger partial charge in [-0.15, -0.1) is 6.42 Å². The zero-order valence-electron chi connectivity index (χ0n) is 8.66. The summed E-state index contributed by atoms with van der Waals surface area (Å²) >= 11 is 0. The molecule has 0 unspecified atom stereocenters. The van der Waals surface area contributed by atoms with Crippen LogP contribution in [0.2, 0.25) is 0 Å². The lowest BCUT2D eigenvalue weighted by Crippen LogP contribution is -2.30. The summed E-state index contributed by atoms with van der Waals surface area (Å²) in [7, 11) is 0. The van der Waals surface area contributed by atoms with Crippen molar-refractivity contribution >= 4 is 11.8 Å². The third-order valence-corrected chi connectivity index (χ3v) is 1.77. The van der Waals surface area contributed by atoms with Crippen LogP contribution in [0.3, 0.4) is 0 Å². The van der Waals surface area contributed by atoms with Crippen molar-refractivity contribution in [2.24, 2.45) is 0 Å². The van der Waals surface area contributed by atoms with Crippen molar-refractivity contribution in [3.8, 4) is 12.3 Å². The molecule has 2 amide bonds. The van der Waals surface area contributed by atoms with Crippen LogP contribution < -0.4 is 10.6 Å².